The number of aromatic nitrogens is 1. The van der Waals surface area contributed by atoms with Crippen LogP contribution in [-0.2, 0) is 20.8 Å². The summed E-state index contributed by atoms with van der Waals surface area (Å²) in [5.74, 6) is -2.05. The van der Waals surface area contributed by atoms with Crippen LogP contribution in [0.25, 0.3) is 0 Å². The number of H-pyrrole nitrogens is 1. The zero-order valence-corrected chi connectivity index (χ0v) is 17.0. The molecule has 2 rings (SSSR count). The van der Waals surface area contributed by atoms with Gasteiger partial charge in [-0.2, -0.15) is 0 Å². The highest BCUT2D eigenvalue weighted by Gasteiger charge is 2.24. The highest BCUT2D eigenvalue weighted by molar-refractivity contribution is 5.99. The van der Waals surface area contributed by atoms with Gasteiger partial charge in [0.15, 0.2) is 6.61 Å². The molecule has 29 heavy (non-hydrogen) atoms. The van der Waals surface area contributed by atoms with Gasteiger partial charge in [-0.15, -0.1) is 0 Å². The average molecular weight is 404 g/mol. The predicted molar refractivity (Wildman–Crippen MR) is 104 cm³/mol. The maximum absolute atomic E-state index is 13.3. The van der Waals surface area contributed by atoms with Crippen LogP contribution < -0.4 is 0 Å². The van der Waals surface area contributed by atoms with Crippen LogP contribution in [0.1, 0.15) is 51.5 Å². The number of rotatable bonds is 8. The van der Waals surface area contributed by atoms with Crippen LogP contribution in [0.15, 0.2) is 24.3 Å². The molecular weight excluding hydrogens is 379 g/mol. The Hall–Kier alpha value is -3.16. The molecule has 1 heterocycles. The second-order valence-electron chi connectivity index (χ2n) is 6.46. The van der Waals surface area contributed by atoms with Crippen LogP contribution in [0, 0.1) is 19.7 Å². The highest BCUT2D eigenvalue weighted by atomic mass is 19.1. The molecule has 1 amide bonds. The number of halogens is 1. The van der Waals surface area contributed by atoms with E-state index in [1.165, 1.54) is 17.0 Å². The second kappa shape index (κ2) is 9.86. The van der Waals surface area contributed by atoms with Gasteiger partial charge in [-0.3, -0.25) is 4.79 Å². The number of likely N-dealkylation sites (N-methyl/N-ethyl adjacent to an activating group) is 1. The number of nitrogens with one attached hydrogen (secondary N) is 1. The lowest BCUT2D eigenvalue weighted by atomic mass is 10.1. The molecule has 0 unspecified atom stereocenters. The fraction of sp³-hybridized carbons (Fsp3) is 0.381. The van der Waals surface area contributed by atoms with Gasteiger partial charge >= 0.3 is 11.9 Å². The van der Waals surface area contributed by atoms with E-state index < -0.39 is 24.5 Å². The fourth-order valence-corrected chi connectivity index (χ4v) is 2.99. The number of carbonyl (C=O) groups excluding carboxylic acids is 3. The van der Waals surface area contributed by atoms with Crippen LogP contribution >= 0.6 is 0 Å². The number of ether oxygens (including phenoxy) is 2. The second-order valence-corrected chi connectivity index (χ2v) is 6.46. The van der Waals surface area contributed by atoms with Crippen molar-refractivity contribution in [2.75, 3.05) is 19.8 Å². The molecule has 0 atom stereocenters. The van der Waals surface area contributed by atoms with E-state index >= 15 is 0 Å². The zero-order valence-electron chi connectivity index (χ0n) is 17.0. The smallest absolute Gasteiger partial charge is 0.355 e. The SMILES string of the molecule is CCOC(=O)c1c(C)[nH]c(C(=O)OCC(=O)N(CC)Cc2cccc(F)c2)c1C. The molecule has 0 fully saturated rings. The molecule has 0 saturated carbocycles. The molecule has 0 saturated heterocycles. The maximum Gasteiger partial charge on any atom is 0.355 e. The summed E-state index contributed by atoms with van der Waals surface area (Å²) in [6, 6.07) is 5.96. The van der Waals surface area contributed by atoms with Crippen LogP contribution in [-0.4, -0.2) is 47.5 Å². The fourth-order valence-electron chi connectivity index (χ4n) is 2.99. The van der Waals surface area contributed by atoms with Crippen molar-refractivity contribution in [2.45, 2.75) is 34.2 Å². The summed E-state index contributed by atoms with van der Waals surface area (Å²) < 4.78 is 23.5. The normalized spacial score (nSPS) is 10.5. The lowest BCUT2D eigenvalue weighted by Gasteiger charge is -2.20. The number of nitrogens with zero attached hydrogens (tertiary/aromatic N) is 1. The average Bonchev–Trinajstić information content (AvgIpc) is 2.98. The Kier molecular flexibility index (Phi) is 7.52. The molecule has 0 radical (unpaired) electrons. The molecular formula is C21H25FN2O5. The van der Waals surface area contributed by atoms with Gasteiger partial charge in [0.2, 0.25) is 0 Å². The zero-order chi connectivity index (χ0) is 21.6. The highest BCUT2D eigenvalue weighted by Crippen LogP contribution is 2.20. The number of benzene rings is 1. The minimum atomic E-state index is -0.740. The molecule has 0 spiro atoms. The van der Waals surface area contributed by atoms with Crippen LogP contribution in [0.2, 0.25) is 0 Å². The number of aryl methyl sites for hydroxylation is 1. The van der Waals surface area contributed by atoms with E-state index in [-0.39, 0.29) is 30.2 Å². The van der Waals surface area contributed by atoms with Crippen molar-refractivity contribution in [1.29, 1.82) is 0 Å². The Morgan fingerprint density at radius 1 is 1.10 bits per heavy atom. The molecule has 0 aliphatic rings. The Morgan fingerprint density at radius 3 is 2.45 bits per heavy atom. The first-order chi connectivity index (χ1) is 13.8. The van der Waals surface area contributed by atoms with Gasteiger partial charge in [0.25, 0.3) is 5.91 Å². The summed E-state index contributed by atoms with van der Waals surface area (Å²) >= 11 is 0. The summed E-state index contributed by atoms with van der Waals surface area (Å²) in [5, 5.41) is 0. The van der Waals surface area contributed by atoms with Gasteiger partial charge < -0.3 is 19.4 Å². The van der Waals surface area contributed by atoms with Gasteiger partial charge in [-0.1, -0.05) is 12.1 Å². The van der Waals surface area contributed by atoms with Gasteiger partial charge in [-0.05, 0) is 51.0 Å². The largest absolute Gasteiger partial charge is 0.462 e. The first kappa shape index (κ1) is 22.1. The molecule has 1 aromatic heterocycles. The van der Waals surface area contributed by atoms with Crippen molar-refractivity contribution in [2.24, 2.45) is 0 Å². The van der Waals surface area contributed by atoms with E-state index in [0.717, 1.165) is 0 Å². The number of esters is 2. The number of carbonyl (C=O) groups is 3. The maximum atomic E-state index is 13.3. The van der Waals surface area contributed by atoms with Gasteiger partial charge in [-0.25, -0.2) is 14.0 Å². The van der Waals surface area contributed by atoms with Crippen molar-refractivity contribution in [1.82, 2.24) is 9.88 Å². The molecule has 8 heteroatoms. The Bertz CT molecular complexity index is 906. The first-order valence-corrected chi connectivity index (χ1v) is 9.34. The van der Waals surface area contributed by atoms with Crippen LogP contribution in [0.5, 0.6) is 0 Å². The van der Waals surface area contributed by atoms with Crippen molar-refractivity contribution in [3.8, 4) is 0 Å². The first-order valence-electron chi connectivity index (χ1n) is 9.34. The molecule has 1 aromatic carbocycles. The van der Waals surface area contributed by atoms with Crippen molar-refractivity contribution >= 4 is 17.8 Å². The third-order valence-electron chi connectivity index (χ3n) is 4.44. The minimum Gasteiger partial charge on any atom is -0.462 e. The molecule has 2 aromatic rings. The van der Waals surface area contributed by atoms with Gasteiger partial charge in [0.05, 0.1) is 12.2 Å². The number of amides is 1. The molecule has 0 aliphatic heterocycles. The van der Waals surface area contributed by atoms with Gasteiger partial charge in [0.1, 0.15) is 11.5 Å². The summed E-state index contributed by atoms with van der Waals surface area (Å²) in [7, 11) is 0. The van der Waals surface area contributed by atoms with Crippen molar-refractivity contribution in [3.05, 3.63) is 58.2 Å². The third-order valence-corrected chi connectivity index (χ3v) is 4.44. The van der Waals surface area contributed by atoms with Crippen LogP contribution in [0.4, 0.5) is 4.39 Å². The van der Waals surface area contributed by atoms with E-state index in [1.54, 1.807) is 39.8 Å². The lowest BCUT2D eigenvalue weighted by Crippen LogP contribution is -2.34. The monoisotopic (exact) mass is 404 g/mol. The molecule has 0 bridgehead atoms. The Morgan fingerprint density at radius 2 is 1.83 bits per heavy atom. The summed E-state index contributed by atoms with van der Waals surface area (Å²) in [6.07, 6.45) is 0. The number of aromatic amines is 1. The van der Waals surface area contributed by atoms with E-state index in [1.807, 2.05) is 0 Å². The predicted octanol–water partition coefficient (Wildman–Crippen LogP) is 3.15. The van der Waals surface area contributed by atoms with E-state index in [9.17, 15) is 18.8 Å². The molecule has 1 N–H and O–H groups in total. The number of hydrogen-bond donors (Lipinski definition) is 1. The Balaban J connectivity index is 2.03. The molecule has 7 nitrogen and oxygen atoms in total. The number of hydrogen-bond acceptors (Lipinski definition) is 5. The molecule has 0 aliphatic carbocycles. The van der Waals surface area contributed by atoms with E-state index in [0.29, 0.717) is 23.4 Å². The molecule has 156 valence electrons. The van der Waals surface area contributed by atoms with Crippen molar-refractivity contribution in [3.63, 3.8) is 0 Å². The summed E-state index contributed by atoms with van der Waals surface area (Å²) in [4.78, 5) is 41.1. The minimum absolute atomic E-state index is 0.103. The van der Waals surface area contributed by atoms with E-state index in [4.69, 9.17) is 9.47 Å². The van der Waals surface area contributed by atoms with E-state index in [2.05, 4.69) is 4.98 Å². The quantitative estimate of drug-likeness (QED) is 0.683. The van der Waals surface area contributed by atoms with Crippen molar-refractivity contribution < 1.29 is 28.2 Å². The Labute approximate surface area is 168 Å². The summed E-state index contributed by atoms with van der Waals surface area (Å²) in [6.45, 7) is 7.07. The summed E-state index contributed by atoms with van der Waals surface area (Å²) in [5.41, 5.74) is 1.92. The van der Waals surface area contributed by atoms with Crippen LogP contribution in [0.3, 0.4) is 0 Å². The topological polar surface area (TPSA) is 88.7 Å². The lowest BCUT2D eigenvalue weighted by molar-refractivity contribution is -0.135. The van der Waals surface area contributed by atoms with Gasteiger partial charge in [0, 0.05) is 18.8 Å². The standard InChI is InChI=1S/C21H25FN2O5/c1-5-24(11-15-8-7-9-16(22)10-15)17(25)12-29-21(27)19-13(3)18(14(4)23-19)20(26)28-6-2/h7-10,23H,5-6,11-12H2,1-4H3. The third kappa shape index (κ3) is 5.43.